The van der Waals surface area contributed by atoms with Gasteiger partial charge in [-0.25, -0.2) is 0 Å². The zero-order valence-electron chi connectivity index (χ0n) is 10.4. The highest BCUT2D eigenvalue weighted by atomic mass is 15.4. The second-order valence-corrected chi connectivity index (χ2v) is 4.88. The Morgan fingerprint density at radius 3 is 2.38 bits per heavy atom. The minimum atomic E-state index is 0.682. The molecule has 1 aliphatic heterocycles. The fourth-order valence-corrected chi connectivity index (χ4v) is 2.44. The summed E-state index contributed by atoms with van der Waals surface area (Å²) >= 11 is 0. The number of nitrogens with zero attached hydrogens (tertiary/aromatic N) is 4. The third-order valence-electron chi connectivity index (χ3n) is 3.59. The van der Waals surface area contributed by atoms with Crippen molar-refractivity contribution in [1.29, 1.82) is 5.26 Å². The Morgan fingerprint density at radius 1 is 1.31 bits per heavy atom. The summed E-state index contributed by atoms with van der Waals surface area (Å²) in [4.78, 5) is 2.29. The fourth-order valence-electron chi connectivity index (χ4n) is 2.44. The first-order valence-electron chi connectivity index (χ1n) is 5.73. The molecule has 0 aromatic carbocycles. The highest BCUT2D eigenvalue weighted by molar-refractivity contribution is 5.57. The maximum absolute atomic E-state index is 9.17. The van der Waals surface area contributed by atoms with Gasteiger partial charge in [0.25, 0.3) is 0 Å². The SMILES string of the molecule is Cc1nn(C)c(N2CC(C)C(C)C2)c1C#N. The van der Waals surface area contributed by atoms with Crippen molar-refractivity contribution >= 4 is 5.82 Å². The van der Waals surface area contributed by atoms with Crippen LogP contribution in [-0.4, -0.2) is 22.9 Å². The Morgan fingerprint density at radius 2 is 1.88 bits per heavy atom. The predicted octanol–water partition coefficient (Wildman–Crippen LogP) is 1.69. The van der Waals surface area contributed by atoms with E-state index >= 15 is 0 Å². The van der Waals surface area contributed by atoms with Gasteiger partial charge in [0.1, 0.15) is 17.5 Å². The Hall–Kier alpha value is -1.50. The molecule has 0 spiro atoms. The molecule has 0 bridgehead atoms. The standard InChI is InChI=1S/C12H18N4/c1-8-6-16(7-9(8)2)12-11(5-13)10(3)14-15(12)4/h8-9H,6-7H2,1-4H3. The van der Waals surface area contributed by atoms with Crippen LogP contribution >= 0.6 is 0 Å². The van der Waals surface area contributed by atoms with E-state index in [1.165, 1.54) is 0 Å². The summed E-state index contributed by atoms with van der Waals surface area (Å²) in [6.45, 7) is 8.47. The Bertz CT molecular complexity index is 431. The molecule has 0 amide bonds. The van der Waals surface area contributed by atoms with Gasteiger partial charge in [-0.2, -0.15) is 10.4 Å². The van der Waals surface area contributed by atoms with E-state index in [0.717, 1.165) is 30.2 Å². The molecule has 1 aromatic rings. The van der Waals surface area contributed by atoms with Gasteiger partial charge in [0.05, 0.1) is 5.69 Å². The van der Waals surface area contributed by atoms with E-state index < -0.39 is 0 Å². The number of anilines is 1. The quantitative estimate of drug-likeness (QED) is 0.720. The monoisotopic (exact) mass is 218 g/mol. The fraction of sp³-hybridized carbons (Fsp3) is 0.667. The molecule has 16 heavy (non-hydrogen) atoms. The van der Waals surface area contributed by atoms with Crippen molar-refractivity contribution in [3.05, 3.63) is 11.3 Å². The summed E-state index contributed by atoms with van der Waals surface area (Å²) in [5.74, 6) is 2.35. The molecule has 0 aliphatic carbocycles. The molecule has 0 N–H and O–H groups in total. The number of aromatic nitrogens is 2. The molecule has 0 saturated carbocycles. The molecule has 1 fully saturated rings. The molecule has 86 valence electrons. The van der Waals surface area contributed by atoms with Crippen LogP contribution in [0.5, 0.6) is 0 Å². The maximum atomic E-state index is 9.17. The summed E-state index contributed by atoms with van der Waals surface area (Å²) in [7, 11) is 1.91. The number of rotatable bonds is 1. The highest BCUT2D eigenvalue weighted by Gasteiger charge is 2.30. The Kier molecular flexibility index (Phi) is 2.63. The van der Waals surface area contributed by atoms with E-state index in [-0.39, 0.29) is 0 Å². The van der Waals surface area contributed by atoms with Gasteiger partial charge >= 0.3 is 0 Å². The first-order valence-corrected chi connectivity index (χ1v) is 5.73. The van der Waals surface area contributed by atoms with E-state index in [2.05, 4.69) is 29.9 Å². The van der Waals surface area contributed by atoms with Gasteiger partial charge < -0.3 is 4.90 Å². The van der Waals surface area contributed by atoms with Crippen LogP contribution in [0.2, 0.25) is 0 Å². The van der Waals surface area contributed by atoms with E-state index in [1.807, 2.05) is 18.7 Å². The van der Waals surface area contributed by atoms with E-state index in [4.69, 9.17) is 0 Å². The lowest BCUT2D eigenvalue weighted by molar-refractivity contribution is 0.494. The number of aryl methyl sites for hydroxylation is 2. The minimum Gasteiger partial charge on any atom is -0.355 e. The predicted molar refractivity (Wildman–Crippen MR) is 63.2 cm³/mol. The van der Waals surface area contributed by atoms with Crippen molar-refractivity contribution in [2.45, 2.75) is 20.8 Å². The average molecular weight is 218 g/mol. The van der Waals surface area contributed by atoms with Crippen LogP contribution in [0.1, 0.15) is 25.1 Å². The van der Waals surface area contributed by atoms with Gasteiger partial charge in [-0.3, -0.25) is 4.68 Å². The van der Waals surface area contributed by atoms with Crippen molar-refractivity contribution in [2.24, 2.45) is 18.9 Å². The highest BCUT2D eigenvalue weighted by Crippen LogP contribution is 2.30. The smallest absolute Gasteiger partial charge is 0.144 e. The van der Waals surface area contributed by atoms with Gasteiger partial charge in [-0.15, -0.1) is 0 Å². The number of hydrogen-bond acceptors (Lipinski definition) is 3. The second kappa shape index (κ2) is 3.82. The van der Waals surface area contributed by atoms with Gasteiger partial charge in [-0.1, -0.05) is 13.8 Å². The van der Waals surface area contributed by atoms with E-state index in [0.29, 0.717) is 11.8 Å². The normalized spacial score (nSPS) is 24.8. The lowest BCUT2D eigenvalue weighted by atomic mass is 10.0. The first-order chi connectivity index (χ1) is 7.54. The zero-order valence-corrected chi connectivity index (χ0v) is 10.4. The third kappa shape index (κ3) is 1.57. The van der Waals surface area contributed by atoms with Gasteiger partial charge in [-0.05, 0) is 18.8 Å². The zero-order chi connectivity index (χ0) is 11.9. The molecule has 2 rings (SSSR count). The van der Waals surface area contributed by atoms with Crippen molar-refractivity contribution in [3.63, 3.8) is 0 Å². The third-order valence-corrected chi connectivity index (χ3v) is 3.59. The summed E-state index contributed by atoms with van der Waals surface area (Å²) in [6.07, 6.45) is 0. The molecule has 2 heterocycles. The van der Waals surface area contributed by atoms with Crippen LogP contribution in [0.15, 0.2) is 0 Å². The Labute approximate surface area is 96.5 Å². The van der Waals surface area contributed by atoms with Crippen LogP contribution in [-0.2, 0) is 7.05 Å². The molecule has 2 atom stereocenters. The van der Waals surface area contributed by atoms with Crippen molar-refractivity contribution in [2.75, 3.05) is 18.0 Å². The minimum absolute atomic E-state index is 0.682. The second-order valence-electron chi connectivity index (χ2n) is 4.88. The van der Waals surface area contributed by atoms with Gasteiger partial charge in [0.2, 0.25) is 0 Å². The lowest BCUT2D eigenvalue weighted by Gasteiger charge is -2.18. The van der Waals surface area contributed by atoms with Crippen molar-refractivity contribution in [1.82, 2.24) is 9.78 Å². The molecule has 1 saturated heterocycles. The number of hydrogen-bond donors (Lipinski definition) is 0. The summed E-state index contributed by atoms with van der Waals surface area (Å²) in [6, 6.07) is 2.27. The van der Waals surface area contributed by atoms with Gasteiger partial charge in [0.15, 0.2) is 0 Å². The van der Waals surface area contributed by atoms with Crippen molar-refractivity contribution in [3.8, 4) is 6.07 Å². The number of nitriles is 1. The summed E-state index contributed by atoms with van der Waals surface area (Å²) in [5.41, 5.74) is 1.55. The van der Waals surface area contributed by atoms with E-state index in [9.17, 15) is 5.26 Å². The molecule has 2 unspecified atom stereocenters. The molecular weight excluding hydrogens is 200 g/mol. The van der Waals surface area contributed by atoms with Crippen molar-refractivity contribution < 1.29 is 0 Å². The average Bonchev–Trinajstić information content (AvgIpc) is 2.67. The van der Waals surface area contributed by atoms with Crippen LogP contribution in [0, 0.1) is 30.1 Å². The maximum Gasteiger partial charge on any atom is 0.144 e. The van der Waals surface area contributed by atoms with Crippen LogP contribution in [0.4, 0.5) is 5.82 Å². The summed E-state index contributed by atoms with van der Waals surface area (Å²) in [5, 5.41) is 13.5. The molecule has 1 aromatic heterocycles. The Balaban J connectivity index is 2.38. The molecular formula is C12H18N4. The summed E-state index contributed by atoms with van der Waals surface area (Å²) < 4.78 is 1.83. The van der Waals surface area contributed by atoms with Crippen LogP contribution < -0.4 is 4.90 Å². The molecule has 0 radical (unpaired) electrons. The molecule has 4 heteroatoms. The van der Waals surface area contributed by atoms with Crippen LogP contribution in [0.25, 0.3) is 0 Å². The first kappa shape index (κ1) is 11.0. The topological polar surface area (TPSA) is 44.9 Å². The van der Waals surface area contributed by atoms with E-state index in [1.54, 1.807) is 0 Å². The molecule has 1 aliphatic rings. The molecule has 4 nitrogen and oxygen atoms in total. The van der Waals surface area contributed by atoms with Crippen LogP contribution in [0.3, 0.4) is 0 Å². The van der Waals surface area contributed by atoms with Gasteiger partial charge in [0, 0.05) is 20.1 Å². The lowest BCUT2D eigenvalue weighted by Crippen LogP contribution is -2.23. The largest absolute Gasteiger partial charge is 0.355 e.